The normalized spacial score (nSPS) is 12.7. The Kier molecular flexibility index (Phi) is 6.04. The molecule has 1 unspecified atom stereocenters. The van der Waals surface area contributed by atoms with Gasteiger partial charge in [-0.25, -0.2) is 0 Å². The van der Waals surface area contributed by atoms with Crippen LogP contribution in [0.2, 0.25) is 0 Å². The highest BCUT2D eigenvalue weighted by Crippen LogP contribution is 2.03. The van der Waals surface area contributed by atoms with Gasteiger partial charge in [0.05, 0.1) is 0 Å². The molecule has 0 aliphatic carbocycles. The lowest BCUT2D eigenvalue weighted by Gasteiger charge is -2.08. The molecule has 0 aromatic carbocycles. The monoisotopic (exact) mass is 193 g/mol. The zero-order valence-corrected chi connectivity index (χ0v) is 7.15. The van der Waals surface area contributed by atoms with Crippen LogP contribution < -0.4 is 5.32 Å². The number of hydrogen-bond donors (Lipinski definition) is 1. The summed E-state index contributed by atoms with van der Waals surface area (Å²) in [6.45, 7) is 2.89. The van der Waals surface area contributed by atoms with Gasteiger partial charge in [0.15, 0.2) is 0 Å². The third-order valence-corrected chi connectivity index (χ3v) is 2.20. The molecule has 0 rings (SSSR count). The van der Waals surface area contributed by atoms with Gasteiger partial charge in [-0.1, -0.05) is 29.3 Å². The van der Waals surface area contributed by atoms with Gasteiger partial charge in [-0.05, 0) is 5.92 Å². The molecular formula is C6H12BrNO. The van der Waals surface area contributed by atoms with Crippen LogP contribution in [0.3, 0.4) is 0 Å². The maximum atomic E-state index is 9.81. The second-order valence-corrected chi connectivity index (χ2v) is 2.60. The third-order valence-electron chi connectivity index (χ3n) is 1.29. The van der Waals surface area contributed by atoms with Crippen LogP contribution in [0, 0.1) is 5.92 Å². The minimum atomic E-state index is 0.579. The predicted octanol–water partition coefficient (Wildman–Crippen LogP) is 1.15. The summed E-state index contributed by atoms with van der Waals surface area (Å²) in [5.41, 5.74) is 0. The quantitative estimate of drug-likeness (QED) is 0.516. The van der Waals surface area contributed by atoms with Crippen molar-refractivity contribution in [2.45, 2.75) is 13.3 Å². The topological polar surface area (TPSA) is 29.1 Å². The van der Waals surface area contributed by atoms with Crippen molar-refractivity contribution in [1.29, 1.82) is 0 Å². The lowest BCUT2D eigenvalue weighted by atomic mass is 10.1. The molecule has 0 radical (unpaired) electrons. The van der Waals surface area contributed by atoms with Crippen molar-refractivity contribution in [1.82, 2.24) is 5.32 Å². The van der Waals surface area contributed by atoms with Crippen LogP contribution in [0.25, 0.3) is 0 Å². The van der Waals surface area contributed by atoms with E-state index < -0.39 is 0 Å². The minimum absolute atomic E-state index is 0.579. The number of hydrogen-bond acceptors (Lipinski definition) is 1. The molecule has 1 N–H and O–H groups in total. The fraction of sp³-hybridized carbons (Fsp3) is 0.833. The highest BCUT2D eigenvalue weighted by molar-refractivity contribution is 9.09. The summed E-state index contributed by atoms with van der Waals surface area (Å²) in [5, 5.41) is 3.60. The fourth-order valence-corrected chi connectivity index (χ4v) is 1.21. The summed E-state index contributed by atoms with van der Waals surface area (Å²) in [6.07, 6.45) is 1.84. The largest absolute Gasteiger partial charge is 0.358 e. The number of amides is 1. The van der Waals surface area contributed by atoms with Crippen LogP contribution in [0.4, 0.5) is 0 Å². The van der Waals surface area contributed by atoms with Crippen LogP contribution in [0.5, 0.6) is 0 Å². The van der Waals surface area contributed by atoms with Gasteiger partial charge >= 0.3 is 0 Å². The molecule has 1 amide bonds. The molecule has 3 heteroatoms. The lowest BCUT2D eigenvalue weighted by molar-refractivity contribution is -0.109. The van der Waals surface area contributed by atoms with E-state index in [2.05, 4.69) is 28.2 Å². The number of carbonyl (C=O) groups excluding carboxylic acids is 1. The SMILES string of the molecule is CCC(CBr)CNC=O. The smallest absolute Gasteiger partial charge is 0.207 e. The maximum Gasteiger partial charge on any atom is 0.207 e. The third kappa shape index (κ3) is 4.45. The van der Waals surface area contributed by atoms with Gasteiger partial charge in [0.1, 0.15) is 0 Å². The summed E-state index contributed by atoms with van der Waals surface area (Å²) in [5.74, 6) is 0.579. The molecule has 0 saturated heterocycles. The first-order chi connectivity index (χ1) is 4.35. The Bertz CT molecular complexity index is 73.5. The van der Waals surface area contributed by atoms with Gasteiger partial charge in [-0.2, -0.15) is 0 Å². The van der Waals surface area contributed by atoms with Crippen molar-refractivity contribution in [3.63, 3.8) is 0 Å². The van der Waals surface area contributed by atoms with Crippen molar-refractivity contribution in [2.24, 2.45) is 5.92 Å². The Morgan fingerprint density at radius 2 is 2.44 bits per heavy atom. The summed E-state index contributed by atoms with van der Waals surface area (Å²) in [7, 11) is 0. The highest BCUT2D eigenvalue weighted by atomic mass is 79.9. The molecule has 0 saturated carbocycles. The van der Waals surface area contributed by atoms with Crippen molar-refractivity contribution in [3.8, 4) is 0 Å². The average molecular weight is 194 g/mol. The number of nitrogens with one attached hydrogen (secondary N) is 1. The highest BCUT2D eigenvalue weighted by Gasteiger charge is 2.00. The van der Waals surface area contributed by atoms with Crippen LogP contribution in [0.15, 0.2) is 0 Å². The van der Waals surface area contributed by atoms with E-state index in [1.807, 2.05) is 0 Å². The van der Waals surface area contributed by atoms with E-state index >= 15 is 0 Å². The number of alkyl halides is 1. The number of rotatable bonds is 5. The molecule has 0 aliphatic rings. The number of halogens is 1. The number of carbonyl (C=O) groups is 1. The van der Waals surface area contributed by atoms with Gasteiger partial charge in [0.25, 0.3) is 0 Å². The van der Waals surface area contributed by atoms with E-state index in [-0.39, 0.29) is 0 Å². The van der Waals surface area contributed by atoms with E-state index in [1.165, 1.54) is 0 Å². The molecule has 0 aromatic rings. The molecule has 0 spiro atoms. The van der Waals surface area contributed by atoms with Crippen LogP contribution in [-0.4, -0.2) is 18.3 Å². The zero-order valence-electron chi connectivity index (χ0n) is 5.56. The first-order valence-corrected chi connectivity index (χ1v) is 4.20. The standard InChI is InChI=1S/C6H12BrNO/c1-2-6(3-7)4-8-5-9/h5-6H,2-4H2,1H3,(H,8,9). The molecule has 0 fully saturated rings. The minimum Gasteiger partial charge on any atom is -0.358 e. The Morgan fingerprint density at radius 3 is 2.78 bits per heavy atom. The van der Waals surface area contributed by atoms with E-state index in [4.69, 9.17) is 0 Å². The second kappa shape index (κ2) is 6.08. The van der Waals surface area contributed by atoms with Crippen LogP contribution >= 0.6 is 15.9 Å². The molecule has 1 atom stereocenters. The molecule has 0 heterocycles. The summed E-state index contributed by atoms with van der Waals surface area (Å²) in [4.78, 5) is 9.81. The van der Waals surface area contributed by atoms with E-state index in [9.17, 15) is 4.79 Å². The first-order valence-electron chi connectivity index (χ1n) is 3.08. The molecule has 0 bridgehead atoms. The van der Waals surface area contributed by atoms with Crippen molar-refractivity contribution in [2.75, 3.05) is 11.9 Å². The Balaban J connectivity index is 3.19. The lowest BCUT2D eigenvalue weighted by Crippen LogP contribution is -2.21. The van der Waals surface area contributed by atoms with Gasteiger partial charge in [-0.3, -0.25) is 4.79 Å². The summed E-state index contributed by atoms with van der Waals surface area (Å²) < 4.78 is 0. The molecule has 9 heavy (non-hydrogen) atoms. The van der Waals surface area contributed by atoms with Crippen molar-refractivity contribution in [3.05, 3.63) is 0 Å². The van der Waals surface area contributed by atoms with Crippen LogP contribution in [-0.2, 0) is 4.79 Å². The Morgan fingerprint density at radius 1 is 1.78 bits per heavy atom. The first kappa shape index (κ1) is 8.95. The van der Waals surface area contributed by atoms with Gasteiger partial charge in [0.2, 0.25) is 6.41 Å². The van der Waals surface area contributed by atoms with E-state index in [0.717, 1.165) is 24.7 Å². The molecule has 2 nitrogen and oxygen atoms in total. The van der Waals surface area contributed by atoms with Gasteiger partial charge in [0, 0.05) is 11.9 Å². The van der Waals surface area contributed by atoms with Crippen molar-refractivity contribution >= 4 is 22.3 Å². The van der Waals surface area contributed by atoms with Gasteiger partial charge < -0.3 is 5.32 Å². The van der Waals surface area contributed by atoms with E-state index in [1.54, 1.807) is 0 Å². The fourth-order valence-electron chi connectivity index (χ4n) is 0.523. The van der Waals surface area contributed by atoms with Crippen LogP contribution in [0.1, 0.15) is 13.3 Å². The van der Waals surface area contributed by atoms with E-state index in [0.29, 0.717) is 5.92 Å². The Hall–Kier alpha value is -0.0500. The summed E-state index contributed by atoms with van der Waals surface area (Å²) >= 11 is 3.35. The predicted molar refractivity (Wildman–Crippen MR) is 41.6 cm³/mol. The van der Waals surface area contributed by atoms with Crippen molar-refractivity contribution < 1.29 is 4.79 Å². The average Bonchev–Trinajstić information content (AvgIpc) is 1.91. The molecule has 54 valence electrons. The maximum absolute atomic E-state index is 9.81. The molecule has 0 aromatic heterocycles. The molecule has 0 aliphatic heterocycles. The Labute approximate surface area is 64.1 Å². The molecular weight excluding hydrogens is 182 g/mol. The second-order valence-electron chi connectivity index (χ2n) is 1.95. The zero-order chi connectivity index (χ0) is 7.11. The summed E-state index contributed by atoms with van der Waals surface area (Å²) in [6, 6.07) is 0. The van der Waals surface area contributed by atoms with Gasteiger partial charge in [-0.15, -0.1) is 0 Å².